The van der Waals surface area contributed by atoms with E-state index in [1.807, 2.05) is 0 Å². The van der Waals surface area contributed by atoms with E-state index in [2.05, 4.69) is 69.5 Å². The summed E-state index contributed by atoms with van der Waals surface area (Å²) in [6, 6.07) is 13.0. The second-order valence-electron chi connectivity index (χ2n) is 5.29. The van der Waals surface area contributed by atoms with E-state index in [4.69, 9.17) is 5.84 Å². The highest BCUT2D eigenvalue weighted by atomic mass is 15.2. The zero-order chi connectivity index (χ0) is 14.0. The molecule has 2 rings (SSSR count). The Morgan fingerprint density at radius 1 is 0.737 bits per heavy atom. The van der Waals surface area contributed by atoms with Crippen molar-refractivity contribution >= 4 is 0 Å². The predicted molar refractivity (Wildman–Crippen MR) is 81.0 cm³/mol. The molecular weight excluding hydrogens is 232 g/mol. The van der Waals surface area contributed by atoms with Gasteiger partial charge in [-0.3, -0.25) is 5.84 Å². The van der Waals surface area contributed by atoms with Crippen molar-refractivity contribution in [2.24, 2.45) is 5.84 Å². The number of hydrogen-bond donors (Lipinski definition) is 2. The van der Waals surface area contributed by atoms with Gasteiger partial charge in [0.15, 0.2) is 0 Å². The highest BCUT2D eigenvalue weighted by Crippen LogP contribution is 2.25. The average molecular weight is 254 g/mol. The zero-order valence-corrected chi connectivity index (χ0v) is 12.1. The van der Waals surface area contributed by atoms with Crippen molar-refractivity contribution in [1.29, 1.82) is 0 Å². The molecule has 0 heterocycles. The van der Waals surface area contributed by atoms with Crippen molar-refractivity contribution in [2.75, 3.05) is 0 Å². The summed E-state index contributed by atoms with van der Waals surface area (Å²) in [7, 11) is 0. The standard InChI is InChI=1S/C17H22N2/c1-11-5-7-15(9-13(11)3)17(19-18)16-8-6-12(2)14(4)10-16/h5-10,17,19H,18H2,1-4H3. The van der Waals surface area contributed by atoms with Crippen molar-refractivity contribution < 1.29 is 0 Å². The van der Waals surface area contributed by atoms with Gasteiger partial charge in [-0.05, 0) is 61.1 Å². The van der Waals surface area contributed by atoms with Gasteiger partial charge in [-0.25, -0.2) is 5.43 Å². The maximum Gasteiger partial charge on any atom is 0.0710 e. The van der Waals surface area contributed by atoms with Crippen LogP contribution in [0.4, 0.5) is 0 Å². The largest absolute Gasteiger partial charge is 0.271 e. The van der Waals surface area contributed by atoms with Crippen LogP contribution in [0.1, 0.15) is 39.4 Å². The molecule has 0 radical (unpaired) electrons. The van der Waals surface area contributed by atoms with Crippen LogP contribution in [0.3, 0.4) is 0 Å². The minimum atomic E-state index is 0.0404. The van der Waals surface area contributed by atoms with Crippen LogP contribution in [0.25, 0.3) is 0 Å². The lowest BCUT2D eigenvalue weighted by Crippen LogP contribution is -2.29. The molecule has 2 aromatic carbocycles. The van der Waals surface area contributed by atoms with Crippen LogP contribution < -0.4 is 11.3 Å². The molecule has 2 nitrogen and oxygen atoms in total. The first-order valence-electron chi connectivity index (χ1n) is 6.63. The van der Waals surface area contributed by atoms with Crippen molar-refractivity contribution in [2.45, 2.75) is 33.7 Å². The lowest BCUT2D eigenvalue weighted by atomic mass is 9.94. The van der Waals surface area contributed by atoms with Gasteiger partial charge in [0.2, 0.25) is 0 Å². The van der Waals surface area contributed by atoms with Crippen LogP contribution in [0.2, 0.25) is 0 Å². The molecule has 0 aliphatic carbocycles. The molecule has 0 aromatic heterocycles. The molecule has 0 saturated heterocycles. The lowest BCUT2D eigenvalue weighted by molar-refractivity contribution is 0.636. The Bertz CT molecular complexity index is 536. The monoisotopic (exact) mass is 254 g/mol. The van der Waals surface area contributed by atoms with Gasteiger partial charge in [0, 0.05) is 0 Å². The summed E-state index contributed by atoms with van der Waals surface area (Å²) in [5.41, 5.74) is 10.5. The normalized spacial score (nSPS) is 11.1. The van der Waals surface area contributed by atoms with Gasteiger partial charge >= 0.3 is 0 Å². The van der Waals surface area contributed by atoms with E-state index in [0.717, 1.165) is 0 Å². The Labute approximate surface area is 115 Å². The third kappa shape index (κ3) is 2.86. The Morgan fingerprint density at radius 2 is 1.16 bits per heavy atom. The summed E-state index contributed by atoms with van der Waals surface area (Å²) >= 11 is 0. The van der Waals surface area contributed by atoms with Gasteiger partial charge < -0.3 is 0 Å². The van der Waals surface area contributed by atoms with Crippen LogP contribution in [0.15, 0.2) is 36.4 Å². The molecule has 100 valence electrons. The smallest absolute Gasteiger partial charge is 0.0710 e. The maximum absolute atomic E-state index is 5.76. The number of benzene rings is 2. The summed E-state index contributed by atoms with van der Waals surface area (Å²) in [6.45, 7) is 8.51. The second-order valence-corrected chi connectivity index (χ2v) is 5.29. The molecule has 0 bridgehead atoms. The molecule has 0 saturated carbocycles. The number of rotatable bonds is 3. The molecule has 0 atom stereocenters. The summed E-state index contributed by atoms with van der Waals surface area (Å²) in [6.07, 6.45) is 0. The minimum absolute atomic E-state index is 0.0404. The Morgan fingerprint density at radius 3 is 1.47 bits per heavy atom. The highest BCUT2D eigenvalue weighted by Gasteiger charge is 2.13. The lowest BCUT2D eigenvalue weighted by Gasteiger charge is -2.19. The highest BCUT2D eigenvalue weighted by molar-refractivity contribution is 5.39. The Balaban J connectivity index is 2.43. The topological polar surface area (TPSA) is 38.0 Å². The fourth-order valence-electron chi connectivity index (χ4n) is 2.27. The van der Waals surface area contributed by atoms with E-state index in [9.17, 15) is 0 Å². The average Bonchev–Trinajstić information content (AvgIpc) is 2.39. The molecule has 19 heavy (non-hydrogen) atoms. The predicted octanol–water partition coefficient (Wildman–Crippen LogP) is 3.47. The fraction of sp³-hybridized carbons (Fsp3) is 0.294. The first-order valence-corrected chi connectivity index (χ1v) is 6.63. The van der Waals surface area contributed by atoms with E-state index in [1.54, 1.807) is 0 Å². The van der Waals surface area contributed by atoms with Crippen molar-refractivity contribution in [3.05, 3.63) is 69.8 Å². The molecule has 2 aromatic rings. The maximum atomic E-state index is 5.76. The van der Waals surface area contributed by atoms with Crippen LogP contribution in [0, 0.1) is 27.7 Å². The number of nitrogens with two attached hydrogens (primary N) is 1. The molecule has 3 N–H and O–H groups in total. The summed E-state index contributed by atoms with van der Waals surface area (Å²) in [4.78, 5) is 0. The molecular formula is C17H22N2. The van der Waals surface area contributed by atoms with E-state index in [-0.39, 0.29) is 6.04 Å². The van der Waals surface area contributed by atoms with Crippen LogP contribution in [-0.2, 0) is 0 Å². The van der Waals surface area contributed by atoms with Crippen LogP contribution in [-0.4, -0.2) is 0 Å². The van der Waals surface area contributed by atoms with Gasteiger partial charge in [0.05, 0.1) is 6.04 Å². The zero-order valence-electron chi connectivity index (χ0n) is 12.1. The fourth-order valence-corrected chi connectivity index (χ4v) is 2.27. The first kappa shape index (κ1) is 13.8. The first-order chi connectivity index (χ1) is 9.02. The molecule has 0 unspecified atom stereocenters. The van der Waals surface area contributed by atoms with Gasteiger partial charge in [-0.1, -0.05) is 36.4 Å². The van der Waals surface area contributed by atoms with Gasteiger partial charge in [0.25, 0.3) is 0 Å². The van der Waals surface area contributed by atoms with Gasteiger partial charge in [0.1, 0.15) is 0 Å². The molecule has 0 fully saturated rings. The number of aryl methyl sites for hydroxylation is 4. The molecule has 0 aliphatic heterocycles. The third-order valence-corrected chi connectivity index (χ3v) is 3.90. The van der Waals surface area contributed by atoms with Crippen molar-refractivity contribution in [3.8, 4) is 0 Å². The quantitative estimate of drug-likeness (QED) is 0.650. The Kier molecular flexibility index (Phi) is 4.03. The Hall–Kier alpha value is -1.64. The minimum Gasteiger partial charge on any atom is -0.271 e. The number of hydrazine groups is 1. The SMILES string of the molecule is Cc1ccc(C(NN)c2ccc(C)c(C)c2)cc1C. The number of hydrogen-bond acceptors (Lipinski definition) is 2. The van der Waals surface area contributed by atoms with Crippen LogP contribution >= 0.6 is 0 Å². The third-order valence-electron chi connectivity index (χ3n) is 3.90. The summed E-state index contributed by atoms with van der Waals surface area (Å²) in [5, 5.41) is 0. The van der Waals surface area contributed by atoms with Gasteiger partial charge in [-0.15, -0.1) is 0 Å². The number of nitrogens with one attached hydrogen (secondary N) is 1. The van der Waals surface area contributed by atoms with E-state index >= 15 is 0 Å². The van der Waals surface area contributed by atoms with E-state index < -0.39 is 0 Å². The van der Waals surface area contributed by atoms with Crippen molar-refractivity contribution in [3.63, 3.8) is 0 Å². The summed E-state index contributed by atoms with van der Waals surface area (Å²) in [5.74, 6) is 5.76. The second kappa shape index (κ2) is 5.55. The molecule has 0 amide bonds. The van der Waals surface area contributed by atoms with Gasteiger partial charge in [-0.2, -0.15) is 0 Å². The van der Waals surface area contributed by atoms with E-state index in [0.29, 0.717) is 0 Å². The van der Waals surface area contributed by atoms with E-state index in [1.165, 1.54) is 33.4 Å². The molecule has 0 spiro atoms. The summed E-state index contributed by atoms with van der Waals surface area (Å²) < 4.78 is 0. The van der Waals surface area contributed by atoms with Crippen molar-refractivity contribution in [1.82, 2.24) is 5.43 Å². The molecule has 2 heteroatoms. The molecule has 0 aliphatic rings. The van der Waals surface area contributed by atoms with Crippen LogP contribution in [0.5, 0.6) is 0 Å².